The van der Waals surface area contributed by atoms with Crippen LogP contribution in [0.5, 0.6) is 0 Å². The molecule has 0 aliphatic carbocycles. The molecule has 3 rings (SSSR count). The fourth-order valence-corrected chi connectivity index (χ4v) is 3.70. The summed E-state index contributed by atoms with van der Waals surface area (Å²) in [6.45, 7) is 4.50. The van der Waals surface area contributed by atoms with Crippen molar-refractivity contribution in [1.82, 2.24) is 9.47 Å². The van der Waals surface area contributed by atoms with E-state index < -0.39 is 18.5 Å². The highest BCUT2D eigenvalue weighted by Crippen LogP contribution is 2.20. The number of hydrogen-bond acceptors (Lipinski definition) is 5. The van der Waals surface area contributed by atoms with Crippen LogP contribution in [-0.2, 0) is 20.9 Å². The molecule has 2 amide bonds. The van der Waals surface area contributed by atoms with Gasteiger partial charge < -0.3 is 9.30 Å². The van der Waals surface area contributed by atoms with E-state index in [1.165, 1.54) is 4.88 Å². The van der Waals surface area contributed by atoms with Gasteiger partial charge in [0.2, 0.25) is 5.91 Å². The van der Waals surface area contributed by atoms with Crippen molar-refractivity contribution in [2.75, 3.05) is 13.2 Å². The number of ether oxygens (including phenoxy) is 1. The molecule has 1 aliphatic rings. The van der Waals surface area contributed by atoms with Gasteiger partial charge in [0.05, 0.1) is 12.1 Å². The van der Waals surface area contributed by atoms with Crippen LogP contribution in [0.1, 0.15) is 39.5 Å². The van der Waals surface area contributed by atoms with Crippen molar-refractivity contribution in [1.29, 1.82) is 0 Å². The lowest BCUT2D eigenvalue weighted by Crippen LogP contribution is -2.35. The number of aromatic nitrogens is 1. The summed E-state index contributed by atoms with van der Waals surface area (Å²) in [4.78, 5) is 38.2. The van der Waals surface area contributed by atoms with Crippen molar-refractivity contribution in [3.05, 3.63) is 45.4 Å². The Bertz CT molecular complexity index is 807. The Morgan fingerprint density at radius 1 is 1.32 bits per heavy atom. The maximum absolute atomic E-state index is 12.3. The van der Waals surface area contributed by atoms with Crippen LogP contribution in [0.15, 0.2) is 23.6 Å². The Labute approximate surface area is 150 Å². The highest BCUT2D eigenvalue weighted by Gasteiger charge is 2.27. The minimum Gasteiger partial charge on any atom is -0.452 e. The summed E-state index contributed by atoms with van der Waals surface area (Å²) in [6.07, 6.45) is 1.05. The summed E-state index contributed by atoms with van der Waals surface area (Å²) in [7, 11) is 0. The quantitative estimate of drug-likeness (QED) is 0.769. The number of carbonyl (C=O) groups is 3. The molecule has 3 heterocycles. The largest absolute Gasteiger partial charge is 0.452 e. The smallest absolute Gasteiger partial charge is 0.340 e. The molecule has 0 aromatic carbocycles. The van der Waals surface area contributed by atoms with E-state index >= 15 is 0 Å². The molecule has 0 atom stereocenters. The number of likely N-dealkylation sites (tertiary alicyclic amines) is 1. The monoisotopic (exact) mass is 360 g/mol. The number of thiophene rings is 1. The molecular formula is C18H20N2O4S. The first-order chi connectivity index (χ1) is 12.0. The maximum atomic E-state index is 12.3. The van der Waals surface area contributed by atoms with E-state index in [0.29, 0.717) is 31.5 Å². The molecular weight excluding hydrogens is 340 g/mol. The lowest BCUT2D eigenvalue weighted by atomic mass is 10.2. The maximum Gasteiger partial charge on any atom is 0.340 e. The predicted octanol–water partition coefficient (Wildman–Crippen LogP) is 2.52. The normalized spacial score (nSPS) is 14.2. The van der Waals surface area contributed by atoms with E-state index in [1.807, 2.05) is 35.9 Å². The summed E-state index contributed by atoms with van der Waals surface area (Å²) in [5.41, 5.74) is 2.22. The Hall–Kier alpha value is -2.41. The fourth-order valence-electron chi connectivity index (χ4n) is 3.00. The average molecular weight is 360 g/mol. The second-order valence-corrected chi connectivity index (χ2v) is 7.10. The van der Waals surface area contributed by atoms with Gasteiger partial charge in [-0.25, -0.2) is 4.79 Å². The zero-order valence-corrected chi connectivity index (χ0v) is 15.1. The predicted molar refractivity (Wildman–Crippen MR) is 93.6 cm³/mol. The molecule has 0 radical (unpaired) electrons. The summed E-state index contributed by atoms with van der Waals surface area (Å²) < 4.78 is 7.19. The van der Waals surface area contributed by atoms with Crippen molar-refractivity contribution in [3.63, 3.8) is 0 Å². The van der Waals surface area contributed by atoms with Crippen molar-refractivity contribution < 1.29 is 19.1 Å². The lowest BCUT2D eigenvalue weighted by Gasteiger charge is -2.13. The Morgan fingerprint density at radius 2 is 2.12 bits per heavy atom. The van der Waals surface area contributed by atoms with Crippen LogP contribution in [0.4, 0.5) is 0 Å². The summed E-state index contributed by atoms with van der Waals surface area (Å²) in [5.74, 6) is -1.19. The number of aryl methyl sites for hydroxylation is 1. The fraction of sp³-hybridized carbons (Fsp3) is 0.389. The average Bonchev–Trinajstić information content (AvgIpc) is 3.30. The molecule has 132 valence electrons. The van der Waals surface area contributed by atoms with Crippen LogP contribution < -0.4 is 0 Å². The van der Waals surface area contributed by atoms with Gasteiger partial charge in [-0.05, 0) is 37.8 Å². The van der Waals surface area contributed by atoms with Crippen LogP contribution in [0.3, 0.4) is 0 Å². The van der Waals surface area contributed by atoms with E-state index in [2.05, 4.69) is 0 Å². The minimum atomic E-state index is -0.537. The molecule has 0 unspecified atom stereocenters. The Morgan fingerprint density at radius 3 is 2.76 bits per heavy atom. The van der Waals surface area contributed by atoms with Crippen molar-refractivity contribution in [3.8, 4) is 0 Å². The SMILES string of the molecule is Cc1cc(C(=O)OCC(=O)N2CCCC2=O)c(C)n1Cc1cccs1. The van der Waals surface area contributed by atoms with Crippen molar-refractivity contribution >= 4 is 29.1 Å². The van der Waals surface area contributed by atoms with E-state index in [-0.39, 0.29) is 5.91 Å². The van der Waals surface area contributed by atoms with Gasteiger partial charge in [0.1, 0.15) is 0 Å². The first kappa shape index (κ1) is 17.4. The van der Waals surface area contributed by atoms with Gasteiger partial charge in [0.15, 0.2) is 6.61 Å². The molecule has 1 saturated heterocycles. The highest BCUT2D eigenvalue weighted by atomic mass is 32.1. The lowest BCUT2D eigenvalue weighted by molar-refractivity contribution is -0.143. The molecule has 1 aliphatic heterocycles. The van der Waals surface area contributed by atoms with E-state index in [1.54, 1.807) is 17.4 Å². The molecule has 0 N–H and O–H groups in total. The van der Waals surface area contributed by atoms with Crippen molar-refractivity contribution in [2.24, 2.45) is 0 Å². The second-order valence-electron chi connectivity index (χ2n) is 6.07. The topological polar surface area (TPSA) is 68.6 Å². The Balaban J connectivity index is 1.66. The second kappa shape index (κ2) is 7.23. The molecule has 1 fully saturated rings. The third-order valence-electron chi connectivity index (χ3n) is 4.39. The van der Waals surface area contributed by atoms with Crippen LogP contribution in [0, 0.1) is 13.8 Å². The first-order valence-electron chi connectivity index (χ1n) is 8.17. The number of nitrogens with zero attached hydrogens (tertiary/aromatic N) is 2. The number of carbonyl (C=O) groups excluding carboxylic acids is 3. The van der Waals surface area contributed by atoms with Gasteiger partial charge in [-0.1, -0.05) is 6.07 Å². The molecule has 0 spiro atoms. The molecule has 2 aromatic heterocycles. The number of rotatable bonds is 5. The molecule has 0 bridgehead atoms. The number of imide groups is 1. The van der Waals surface area contributed by atoms with Gasteiger partial charge in [-0.3, -0.25) is 14.5 Å². The van der Waals surface area contributed by atoms with Crippen molar-refractivity contribution in [2.45, 2.75) is 33.2 Å². The number of hydrogen-bond donors (Lipinski definition) is 0. The van der Waals surface area contributed by atoms with Gasteiger partial charge in [0, 0.05) is 29.2 Å². The summed E-state index contributed by atoms with van der Waals surface area (Å²) in [5, 5.41) is 2.02. The van der Waals surface area contributed by atoms with Gasteiger partial charge in [-0.15, -0.1) is 11.3 Å². The standard InChI is InChI=1S/C18H20N2O4S/c1-12-9-15(13(2)20(12)10-14-5-4-8-25-14)18(23)24-11-17(22)19-7-3-6-16(19)21/h4-5,8-9H,3,6-7,10-11H2,1-2H3. The first-order valence-corrected chi connectivity index (χ1v) is 9.04. The highest BCUT2D eigenvalue weighted by molar-refractivity contribution is 7.09. The van der Waals surface area contributed by atoms with Gasteiger partial charge in [-0.2, -0.15) is 0 Å². The van der Waals surface area contributed by atoms with Crippen LogP contribution in [0.2, 0.25) is 0 Å². The van der Waals surface area contributed by atoms with Gasteiger partial charge >= 0.3 is 5.97 Å². The third kappa shape index (κ3) is 3.66. The zero-order valence-electron chi connectivity index (χ0n) is 14.3. The Kier molecular flexibility index (Phi) is 5.03. The van der Waals surface area contributed by atoms with E-state index in [0.717, 1.165) is 16.3 Å². The van der Waals surface area contributed by atoms with Gasteiger partial charge in [0.25, 0.3) is 5.91 Å². The summed E-state index contributed by atoms with van der Waals surface area (Å²) >= 11 is 1.66. The molecule has 0 saturated carbocycles. The van der Waals surface area contributed by atoms with Crippen LogP contribution >= 0.6 is 11.3 Å². The minimum absolute atomic E-state index is 0.199. The summed E-state index contributed by atoms with van der Waals surface area (Å²) in [6, 6.07) is 5.82. The number of esters is 1. The van der Waals surface area contributed by atoms with E-state index in [4.69, 9.17) is 4.74 Å². The van der Waals surface area contributed by atoms with Crippen LogP contribution in [-0.4, -0.2) is 40.4 Å². The molecule has 6 nitrogen and oxygen atoms in total. The number of amides is 2. The third-order valence-corrected chi connectivity index (χ3v) is 5.25. The van der Waals surface area contributed by atoms with E-state index in [9.17, 15) is 14.4 Å². The van der Waals surface area contributed by atoms with Crippen LogP contribution in [0.25, 0.3) is 0 Å². The molecule has 2 aromatic rings. The zero-order chi connectivity index (χ0) is 18.0. The molecule has 7 heteroatoms. The molecule has 25 heavy (non-hydrogen) atoms.